The van der Waals surface area contributed by atoms with Crippen LogP contribution in [0.5, 0.6) is 0 Å². The molecule has 15 heavy (non-hydrogen) atoms. The van der Waals surface area contributed by atoms with Gasteiger partial charge in [0.1, 0.15) is 0 Å². The summed E-state index contributed by atoms with van der Waals surface area (Å²) in [6, 6.07) is 6.87. The zero-order valence-corrected chi connectivity index (χ0v) is 9.17. The van der Waals surface area contributed by atoms with Crippen molar-refractivity contribution in [3.05, 3.63) is 24.3 Å². The molecule has 0 radical (unpaired) electrons. The molecule has 2 amide bonds. The SMILES string of the molecule is CC(=O)Nc1ccc(NC(=O)CS)cc1. The third-order valence-corrected chi connectivity index (χ3v) is 1.92. The highest BCUT2D eigenvalue weighted by atomic mass is 32.1. The standard InChI is InChI=1S/C10H12N2O2S/c1-7(13)11-8-2-4-9(5-3-8)12-10(14)6-15/h2-5,15H,6H2,1H3,(H,11,13)(H,12,14). The van der Waals surface area contributed by atoms with Crippen LogP contribution in [0.15, 0.2) is 24.3 Å². The van der Waals surface area contributed by atoms with Gasteiger partial charge in [0, 0.05) is 18.3 Å². The van der Waals surface area contributed by atoms with Crippen molar-refractivity contribution in [1.29, 1.82) is 0 Å². The highest BCUT2D eigenvalue weighted by molar-refractivity contribution is 7.81. The summed E-state index contributed by atoms with van der Waals surface area (Å²) in [7, 11) is 0. The minimum Gasteiger partial charge on any atom is -0.326 e. The second kappa shape index (κ2) is 5.41. The van der Waals surface area contributed by atoms with Gasteiger partial charge in [0.25, 0.3) is 0 Å². The average Bonchev–Trinajstić information content (AvgIpc) is 2.20. The smallest absolute Gasteiger partial charge is 0.234 e. The van der Waals surface area contributed by atoms with Crippen molar-refractivity contribution in [3.8, 4) is 0 Å². The molecule has 0 saturated heterocycles. The second-order valence-electron chi connectivity index (χ2n) is 2.96. The van der Waals surface area contributed by atoms with Crippen LogP contribution in [-0.2, 0) is 9.59 Å². The van der Waals surface area contributed by atoms with Crippen LogP contribution in [0.4, 0.5) is 11.4 Å². The van der Waals surface area contributed by atoms with Gasteiger partial charge in [-0.05, 0) is 24.3 Å². The van der Waals surface area contributed by atoms with Crippen molar-refractivity contribution in [1.82, 2.24) is 0 Å². The molecule has 0 aliphatic rings. The lowest BCUT2D eigenvalue weighted by molar-refractivity contribution is -0.114. The molecule has 0 aliphatic carbocycles. The molecule has 0 bridgehead atoms. The number of hydrogen-bond acceptors (Lipinski definition) is 3. The Labute approximate surface area is 93.5 Å². The highest BCUT2D eigenvalue weighted by Crippen LogP contribution is 2.13. The first-order valence-corrected chi connectivity index (χ1v) is 5.03. The fourth-order valence-corrected chi connectivity index (χ4v) is 1.12. The Hall–Kier alpha value is -1.49. The maximum Gasteiger partial charge on any atom is 0.234 e. The molecule has 1 aromatic rings. The van der Waals surface area contributed by atoms with Crippen molar-refractivity contribution in [3.63, 3.8) is 0 Å². The van der Waals surface area contributed by atoms with Crippen LogP contribution in [0.2, 0.25) is 0 Å². The molecular weight excluding hydrogens is 212 g/mol. The molecule has 0 heterocycles. The van der Waals surface area contributed by atoms with E-state index in [4.69, 9.17) is 0 Å². The number of amides is 2. The minimum absolute atomic E-state index is 0.123. The van der Waals surface area contributed by atoms with Crippen LogP contribution in [-0.4, -0.2) is 17.6 Å². The third-order valence-electron chi connectivity index (χ3n) is 1.63. The Balaban J connectivity index is 2.64. The van der Waals surface area contributed by atoms with Crippen LogP contribution in [0.1, 0.15) is 6.92 Å². The van der Waals surface area contributed by atoms with Gasteiger partial charge in [0.15, 0.2) is 0 Å². The Morgan fingerprint density at radius 1 is 1.13 bits per heavy atom. The summed E-state index contributed by atoms with van der Waals surface area (Å²) in [5, 5.41) is 5.28. The molecule has 1 rings (SSSR count). The van der Waals surface area contributed by atoms with Gasteiger partial charge in [-0.3, -0.25) is 9.59 Å². The van der Waals surface area contributed by atoms with E-state index in [0.29, 0.717) is 11.4 Å². The zero-order valence-electron chi connectivity index (χ0n) is 8.28. The second-order valence-corrected chi connectivity index (χ2v) is 3.28. The summed E-state index contributed by atoms with van der Waals surface area (Å²) in [6.07, 6.45) is 0. The zero-order chi connectivity index (χ0) is 11.3. The number of rotatable bonds is 3. The number of hydrogen-bond donors (Lipinski definition) is 3. The van der Waals surface area contributed by atoms with Gasteiger partial charge in [0.05, 0.1) is 5.75 Å². The summed E-state index contributed by atoms with van der Waals surface area (Å²) < 4.78 is 0. The molecule has 0 saturated carbocycles. The number of nitrogens with one attached hydrogen (secondary N) is 2. The molecule has 2 N–H and O–H groups in total. The fraction of sp³-hybridized carbons (Fsp3) is 0.200. The van der Waals surface area contributed by atoms with Crippen molar-refractivity contribution in [2.75, 3.05) is 16.4 Å². The molecule has 5 heteroatoms. The Bertz CT molecular complexity index is 362. The molecule has 1 aromatic carbocycles. The van der Waals surface area contributed by atoms with E-state index in [1.165, 1.54) is 6.92 Å². The summed E-state index contributed by atoms with van der Waals surface area (Å²) >= 11 is 3.84. The molecule has 4 nitrogen and oxygen atoms in total. The van der Waals surface area contributed by atoms with Crippen molar-refractivity contribution < 1.29 is 9.59 Å². The maximum atomic E-state index is 11.0. The molecule has 0 atom stereocenters. The number of thiol groups is 1. The number of benzene rings is 1. The first-order chi connectivity index (χ1) is 7.11. The predicted molar refractivity (Wildman–Crippen MR) is 63.2 cm³/mol. The van der Waals surface area contributed by atoms with E-state index in [-0.39, 0.29) is 17.6 Å². The summed E-state index contributed by atoms with van der Waals surface area (Å²) in [4.78, 5) is 21.7. The predicted octanol–water partition coefficient (Wildman–Crippen LogP) is 1.51. The van der Waals surface area contributed by atoms with E-state index in [0.717, 1.165) is 0 Å². The maximum absolute atomic E-state index is 11.0. The monoisotopic (exact) mass is 224 g/mol. The van der Waals surface area contributed by atoms with E-state index in [9.17, 15) is 9.59 Å². The normalized spacial score (nSPS) is 9.47. The van der Waals surface area contributed by atoms with Gasteiger partial charge in [-0.15, -0.1) is 0 Å². The van der Waals surface area contributed by atoms with E-state index >= 15 is 0 Å². The summed E-state index contributed by atoms with van der Waals surface area (Å²) in [6.45, 7) is 1.44. The van der Waals surface area contributed by atoms with Gasteiger partial charge >= 0.3 is 0 Å². The summed E-state index contributed by atoms with van der Waals surface area (Å²) in [5.74, 6) is -0.138. The lowest BCUT2D eigenvalue weighted by Gasteiger charge is -2.05. The van der Waals surface area contributed by atoms with Gasteiger partial charge in [-0.1, -0.05) is 0 Å². The van der Waals surface area contributed by atoms with E-state index < -0.39 is 0 Å². The topological polar surface area (TPSA) is 58.2 Å². The van der Waals surface area contributed by atoms with E-state index in [2.05, 4.69) is 23.3 Å². The molecule has 0 aliphatic heterocycles. The van der Waals surface area contributed by atoms with Gasteiger partial charge in [0.2, 0.25) is 11.8 Å². The van der Waals surface area contributed by atoms with Gasteiger partial charge < -0.3 is 10.6 Å². The van der Waals surface area contributed by atoms with Crippen LogP contribution in [0.3, 0.4) is 0 Å². The fourth-order valence-electron chi connectivity index (χ4n) is 1.04. The van der Waals surface area contributed by atoms with Crippen molar-refractivity contribution >= 4 is 35.8 Å². The number of anilines is 2. The molecule has 80 valence electrons. The quantitative estimate of drug-likeness (QED) is 0.682. The highest BCUT2D eigenvalue weighted by Gasteiger charge is 1.99. The Morgan fingerprint density at radius 3 is 2.00 bits per heavy atom. The molecule has 0 spiro atoms. The minimum atomic E-state index is -0.161. The Kier molecular flexibility index (Phi) is 4.17. The molecule has 0 aromatic heterocycles. The van der Waals surface area contributed by atoms with Crippen molar-refractivity contribution in [2.45, 2.75) is 6.92 Å². The van der Waals surface area contributed by atoms with Crippen molar-refractivity contribution in [2.24, 2.45) is 0 Å². The third kappa shape index (κ3) is 4.03. The Morgan fingerprint density at radius 2 is 1.60 bits per heavy atom. The summed E-state index contributed by atoms with van der Waals surface area (Å²) in [5.41, 5.74) is 1.38. The van der Waals surface area contributed by atoms with Crippen LogP contribution in [0, 0.1) is 0 Å². The lowest BCUT2D eigenvalue weighted by Crippen LogP contribution is -2.12. The average molecular weight is 224 g/mol. The van der Waals surface area contributed by atoms with E-state index in [1.807, 2.05) is 0 Å². The largest absolute Gasteiger partial charge is 0.326 e. The number of carbonyl (C=O) groups is 2. The van der Waals surface area contributed by atoms with Gasteiger partial charge in [-0.25, -0.2) is 0 Å². The van der Waals surface area contributed by atoms with Crippen LogP contribution < -0.4 is 10.6 Å². The molecule has 0 fully saturated rings. The van der Waals surface area contributed by atoms with Gasteiger partial charge in [-0.2, -0.15) is 12.6 Å². The lowest BCUT2D eigenvalue weighted by atomic mass is 10.3. The molecular formula is C10H12N2O2S. The van der Waals surface area contributed by atoms with Crippen LogP contribution >= 0.6 is 12.6 Å². The molecule has 0 unspecified atom stereocenters. The first-order valence-electron chi connectivity index (χ1n) is 4.40. The number of carbonyl (C=O) groups excluding carboxylic acids is 2. The van der Waals surface area contributed by atoms with E-state index in [1.54, 1.807) is 24.3 Å². The van der Waals surface area contributed by atoms with Crippen LogP contribution in [0.25, 0.3) is 0 Å². The first kappa shape index (κ1) is 11.6.